The van der Waals surface area contributed by atoms with Gasteiger partial charge in [0.25, 0.3) is 0 Å². The number of carbonyl (C=O) groups is 2. The molecule has 4 rings (SSSR count). The molecule has 150 valence electrons. The molecular weight excluding hydrogens is 388 g/mol. The summed E-state index contributed by atoms with van der Waals surface area (Å²) in [5, 5.41) is 7.98. The Hall–Kier alpha value is -3.36. The summed E-state index contributed by atoms with van der Waals surface area (Å²) in [6.07, 6.45) is 0.553. The summed E-state index contributed by atoms with van der Waals surface area (Å²) in [6.45, 7) is 0. The van der Waals surface area contributed by atoms with E-state index in [1.54, 1.807) is 42.7 Å². The number of ether oxygens (including phenoxy) is 1. The second-order valence-electron chi connectivity index (χ2n) is 6.21. The number of thiophene rings is 1. The molecular formula is C21H22N4O3S. The Morgan fingerprint density at radius 3 is 2.55 bits per heavy atom. The van der Waals surface area contributed by atoms with E-state index in [9.17, 15) is 9.59 Å². The Morgan fingerprint density at radius 1 is 1.14 bits per heavy atom. The number of methoxy groups -OCH3 is 1. The van der Waals surface area contributed by atoms with Crippen LogP contribution in [0.15, 0.2) is 66.0 Å². The molecule has 1 aliphatic rings. The van der Waals surface area contributed by atoms with Crippen LogP contribution in [0.5, 0.6) is 5.75 Å². The van der Waals surface area contributed by atoms with Crippen LogP contribution in [0, 0.1) is 0 Å². The number of para-hydroxylation sites is 1. The van der Waals surface area contributed by atoms with Crippen molar-refractivity contribution in [2.45, 2.75) is 12.5 Å². The number of benzene rings is 2. The molecule has 1 aromatic heterocycles. The number of fused-ring (bicyclic) bond motifs is 1. The maximum Gasteiger partial charge on any atom is 0.333 e. The third-order valence-electron chi connectivity index (χ3n) is 4.31. The van der Waals surface area contributed by atoms with Crippen LogP contribution in [0.25, 0.3) is 0 Å². The second-order valence-corrected chi connectivity index (χ2v) is 7.19. The highest BCUT2D eigenvalue weighted by molar-refractivity contribution is 7.10. The average Bonchev–Trinajstić information content (AvgIpc) is 3.30. The van der Waals surface area contributed by atoms with Crippen molar-refractivity contribution in [2.75, 3.05) is 17.7 Å². The second kappa shape index (κ2) is 9.72. The SMILES string of the molecule is COc1ccc(NC(=O)NN)cc1.O=C1CC(c2cccs2)Nc2ccccc21. The number of ketones is 1. The highest BCUT2D eigenvalue weighted by atomic mass is 32.1. The number of urea groups is 1. The molecule has 0 aliphatic carbocycles. The third-order valence-corrected chi connectivity index (χ3v) is 5.30. The molecule has 2 amide bonds. The van der Waals surface area contributed by atoms with Crippen LogP contribution in [0.3, 0.4) is 0 Å². The Balaban J connectivity index is 0.000000170. The first-order valence-corrected chi connectivity index (χ1v) is 9.82. The summed E-state index contributed by atoms with van der Waals surface area (Å²) in [5.74, 6) is 5.85. The number of hydrogen-bond donors (Lipinski definition) is 4. The summed E-state index contributed by atoms with van der Waals surface area (Å²) in [7, 11) is 1.58. The molecule has 5 N–H and O–H groups in total. The Labute approximate surface area is 172 Å². The quantitative estimate of drug-likeness (QED) is 0.295. The number of amides is 2. The fourth-order valence-corrected chi connectivity index (χ4v) is 3.67. The van der Waals surface area contributed by atoms with Gasteiger partial charge in [-0.3, -0.25) is 10.2 Å². The lowest BCUT2D eigenvalue weighted by Gasteiger charge is -2.25. The molecule has 29 heavy (non-hydrogen) atoms. The topological polar surface area (TPSA) is 105 Å². The van der Waals surface area contributed by atoms with Crippen LogP contribution in [0.4, 0.5) is 16.2 Å². The standard InChI is InChI=1S/C13H11NOS.C8H11N3O2/c15-12-8-11(13-6-3-7-16-13)14-10-5-2-1-4-9(10)12;1-13-7-4-2-6(3-5-7)10-8(12)11-9/h1-7,11,14H,8H2;2-5H,9H2,1H3,(H2,10,11,12). The van der Waals surface area contributed by atoms with Crippen molar-refractivity contribution in [3.05, 3.63) is 76.5 Å². The zero-order valence-electron chi connectivity index (χ0n) is 15.8. The molecule has 2 aromatic carbocycles. The minimum absolute atomic E-state index is 0.141. The molecule has 3 aromatic rings. The molecule has 1 unspecified atom stereocenters. The van der Waals surface area contributed by atoms with Gasteiger partial charge >= 0.3 is 6.03 Å². The van der Waals surface area contributed by atoms with Crippen molar-refractivity contribution in [3.63, 3.8) is 0 Å². The fraction of sp³-hybridized carbons (Fsp3) is 0.143. The first kappa shape index (κ1) is 20.4. The van der Waals surface area contributed by atoms with Gasteiger partial charge in [0.15, 0.2) is 5.78 Å². The van der Waals surface area contributed by atoms with Crippen LogP contribution >= 0.6 is 11.3 Å². The molecule has 8 heteroatoms. The maximum absolute atomic E-state index is 12.0. The van der Waals surface area contributed by atoms with Gasteiger partial charge in [0, 0.05) is 28.2 Å². The van der Waals surface area contributed by atoms with Gasteiger partial charge in [-0.25, -0.2) is 10.6 Å². The Morgan fingerprint density at radius 2 is 1.90 bits per heavy atom. The van der Waals surface area contributed by atoms with E-state index in [-0.39, 0.29) is 11.8 Å². The Bertz CT molecular complexity index is 958. The van der Waals surface area contributed by atoms with E-state index >= 15 is 0 Å². The molecule has 0 fully saturated rings. The van der Waals surface area contributed by atoms with E-state index in [4.69, 9.17) is 10.6 Å². The predicted octanol–water partition coefficient (Wildman–Crippen LogP) is 4.18. The minimum atomic E-state index is -0.454. The number of anilines is 2. The number of Topliss-reactive ketones (excluding diaryl/α,β-unsaturated/α-hetero) is 1. The summed E-state index contributed by atoms with van der Waals surface area (Å²) < 4.78 is 4.95. The van der Waals surface area contributed by atoms with Gasteiger partial charge in [-0.2, -0.15) is 0 Å². The number of rotatable bonds is 3. The van der Waals surface area contributed by atoms with Gasteiger partial charge in [0.05, 0.1) is 13.2 Å². The lowest BCUT2D eigenvalue weighted by atomic mass is 9.96. The number of carbonyl (C=O) groups excluding carboxylic acids is 2. The van der Waals surface area contributed by atoms with Crippen molar-refractivity contribution < 1.29 is 14.3 Å². The van der Waals surface area contributed by atoms with E-state index in [1.807, 2.05) is 41.1 Å². The van der Waals surface area contributed by atoms with Crippen LogP contribution in [-0.4, -0.2) is 18.9 Å². The van der Waals surface area contributed by atoms with Crippen molar-refractivity contribution in [1.82, 2.24) is 5.43 Å². The third kappa shape index (κ3) is 5.34. The molecule has 1 atom stereocenters. The molecule has 7 nitrogen and oxygen atoms in total. The van der Waals surface area contributed by atoms with Gasteiger partial charge in [-0.15, -0.1) is 11.3 Å². The smallest absolute Gasteiger partial charge is 0.333 e. The van der Waals surface area contributed by atoms with E-state index in [2.05, 4.69) is 16.7 Å². The molecule has 0 saturated heterocycles. The van der Waals surface area contributed by atoms with Gasteiger partial charge in [0.1, 0.15) is 5.75 Å². The van der Waals surface area contributed by atoms with E-state index < -0.39 is 6.03 Å². The molecule has 0 bridgehead atoms. The number of nitrogens with one attached hydrogen (secondary N) is 3. The highest BCUT2D eigenvalue weighted by Crippen LogP contribution is 2.33. The van der Waals surface area contributed by atoms with Crippen molar-refractivity contribution in [2.24, 2.45) is 5.84 Å². The highest BCUT2D eigenvalue weighted by Gasteiger charge is 2.25. The van der Waals surface area contributed by atoms with Crippen LogP contribution in [-0.2, 0) is 0 Å². The van der Waals surface area contributed by atoms with Crippen molar-refractivity contribution >= 4 is 34.5 Å². The normalized spacial score (nSPS) is 14.6. The summed E-state index contributed by atoms with van der Waals surface area (Å²) in [5.41, 5.74) is 4.39. The van der Waals surface area contributed by atoms with E-state index in [1.165, 1.54) is 4.88 Å². The van der Waals surface area contributed by atoms with Crippen molar-refractivity contribution in [3.8, 4) is 5.75 Å². The zero-order valence-corrected chi connectivity index (χ0v) is 16.7. The molecule has 1 aliphatic heterocycles. The largest absolute Gasteiger partial charge is 0.497 e. The molecule has 0 saturated carbocycles. The molecule has 0 spiro atoms. The first-order valence-electron chi connectivity index (χ1n) is 8.94. The fourth-order valence-electron chi connectivity index (χ4n) is 2.89. The van der Waals surface area contributed by atoms with Crippen LogP contribution in [0.2, 0.25) is 0 Å². The van der Waals surface area contributed by atoms with Gasteiger partial charge < -0.3 is 15.4 Å². The number of hydrogen-bond acceptors (Lipinski definition) is 6. The van der Waals surface area contributed by atoms with Gasteiger partial charge in [0.2, 0.25) is 0 Å². The first-order chi connectivity index (χ1) is 14.1. The number of hydrazine groups is 1. The maximum atomic E-state index is 12.0. The lowest BCUT2D eigenvalue weighted by Crippen LogP contribution is -2.34. The summed E-state index contributed by atoms with van der Waals surface area (Å²) in [4.78, 5) is 23.9. The summed E-state index contributed by atoms with van der Waals surface area (Å²) >= 11 is 1.69. The van der Waals surface area contributed by atoms with Gasteiger partial charge in [-0.1, -0.05) is 18.2 Å². The van der Waals surface area contributed by atoms with E-state index in [0.29, 0.717) is 12.1 Å². The predicted molar refractivity (Wildman–Crippen MR) is 115 cm³/mol. The molecule has 0 radical (unpaired) electrons. The minimum Gasteiger partial charge on any atom is -0.497 e. The summed E-state index contributed by atoms with van der Waals surface area (Å²) in [6, 6.07) is 18.4. The van der Waals surface area contributed by atoms with Crippen LogP contribution in [0.1, 0.15) is 27.7 Å². The Kier molecular flexibility index (Phi) is 6.83. The zero-order chi connectivity index (χ0) is 20.6. The van der Waals surface area contributed by atoms with Crippen molar-refractivity contribution in [1.29, 1.82) is 0 Å². The van der Waals surface area contributed by atoms with Crippen LogP contribution < -0.4 is 26.6 Å². The monoisotopic (exact) mass is 410 g/mol. The van der Waals surface area contributed by atoms with E-state index in [0.717, 1.165) is 17.0 Å². The number of nitrogens with two attached hydrogens (primary N) is 1. The average molecular weight is 410 g/mol. The van der Waals surface area contributed by atoms with Gasteiger partial charge in [-0.05, 0) is 47.8 Å². The lowest BCUT2D eigenvalue weighted by molar-refractivity contribution is 0.0972. The molecule has 2 heterocycles.